The van der Waals surface area contributed by atoms with Gasteiger partial charge in [-0.2, -0.15) is 4.98 Å². The van der Waals surface area contributed by atoms with Crippen LogP contribution in [0, 0.1) is 11.7 Å². The molecule has 1 saturated carbocycles. The summed E-state index contributed by atoms with van der Waals surface area (Å²) < 4.78 is 18.6. The molecule has 1 saturated heterocycles. The van der Waals surface area contributed by atoms with Gasteiger partial charge in [0.2, 0.25) is 17.6 Å². The molecule has 6 nitrogen and oxygen atoms in total. The SMILES string of the molecule is Cl.NC1CCCC(C(=O)N2CCCC(c3nc(-c4ccc(F)cc4)no3)C2)C1. The predicted octanol–water partition coefficient (Wildman–Crippen LogP) is 3.52. The molecule has 3 unspecified atom stereocenters. The van der Waals surface area contributed by atoms with Crippen molar-refractivity contribution in [3.63, 3.8) is 0 Å². The molecule has 1 aliphatic carbocycles. The lowest BCUT2D eigenvalue weighted by Crippen LogP contribution is -2.44. The van der Waals surface area contributed by atoms with Crippen LogP contribution in [0.1, 0.15) is 50.3 Å². The Hall–Kier alpha value is -1.99. The number of nitrogens with two attached hydrogens (primary N) is 1. The first-order chi connectivity index (χ1) is 13.1. The molecule has 8 heteroatoms. The van der Waals surface area contributed by atoms with Gasteiger partial charge in [-0.3, -0.25) is 4.79 Å². The molecule has 2 heterocycles. The number of aromatic nitrogens is 2. The maximum absolute atomic E-state index is 13.1. The van der Waals surface area contributed by atoms with Gasteiger partial charge in [-0.25, -0.2) is 4.39 Å². The van der Waals surface area contributed by atoms with Crippen LogP contribution >= 0.6 is 12.4 Å². The third kappa shape index (κ3) is 4.52. The topological polar surface area (TPSA) is 85.3 Å². The van der Waals surface area contributed by atoms with Crippen molar-refractivity contribution >= 4 is 18.3 Å². The molecule has 2 fully saturated rings. The Morgan fingerprint density at radius 1 is 1.18 bits per heavy atom. The number of carbonyl (C=O) groups excluding carboxylic acids is 1. The van der Waals surface area contributed by atoms with Gasteiger partial charge in [0, 0.05) is 30.6 Å². The minimum atomic E-state index is -0.300. The molecule has 0 radical (unpaired) electrons. The third-order valence-electron chi connectivity index (χ3n) is 5.69. The van der Waals surface area contributed by atoms with E-state index < -0.39 is 0 Å². The second-order valence-electron chi connectivity index (χ2n) is 7.71. The van der Waals surface area contributed by atoms with E-state index >= 15 is 0 Å². The number of hydrogen-bond donors (Lipinski definition) is 1. The van der Waals surface area contributed by atoms with Crippen LogP contribution in [0.25, 0.3) is 11.4 Å². The van der Waals surface area contributed by atoms with Crippen LogP contribution in [0.15, 0.2) is 28.8 Å². The Bertz CT molecular complexity index is 798. The van der Waals surface area contributed by atoms with Crippen molar-refractivity contribution in [3.8, 4) is 11.4 Å². The molecule has 1 aromatic carbocycles. The first kappa shape index (κ1) is 20.7. The first-order valence-electron chi connectivity index (χ1n) is 9.74. The standard InChI is InChI=1S/C20H25FN4O2.ClH/c21-16-8-6-13(7-9-16)18-23-19(27-24-18)15-4-2-10-25(12-15)20(26)14-3-1-5-17(22)11-14;/h6-9,14-15,17H,1-5,10-12,22H2;1H. The summed E-state index contributed by atoms with van der Waals surface area (Å²) in [5.41, 5.74) is 6.76. The average molecular weight is 409 g/mol. The second kappa shape index (κ2) is 9.01. The van der Waals surface area contributed by atoms with Gasteiger partial charge in [0.05, 0.1) is 5.92 Å². The van der Waals surface area contributed by atoms with Gasteiger partial charge < -0.3 is 15.2 Å². The number of halogens is 2. The van der Waals surface area contributed by atoms with Crippen LogP contribution < -0.4 is 5.73 Å². The number of likely N-dealkylation sites (tertiary alicyclic amines) is 1. The van der Waals surface area contributed by atoms with Crippen molar-refractivity contribution in [2.45, 2.75) is 50.5 Å². The average Bonchev–Trinajstić information content (AvgIpc) is 3.18. The van der Waals surface area contributed by atoms with Gasteiger partial charge in [-0.15, -0.1) is 12.4 Å². The van der Waals surface area contributed by atoms with E-state index in [1.807, 2.05) is 4.90 Å². The third-order valence-corrected chi connectivity index (χ3v) is 5.69. The zero-order valence-electron chi connectivity index (χ0n) is 15.7. The fourth-order valence-corrected chi connectivity index (χ4v) is 4.21. The zero-order valence-corrected chi connectivity index (χ0v) is 16.5. The van der Waals surface area contributed by atoms with Gasteiger partial charge in [0.15, 0.2) is 0 Å². The highest BCUT2D eigenvalue weighted by atomic mass is 35.5. The smallest absolute Gasteiger partial charge is 0.231 e. The molecule has 3 atom stereocenters. The Morgan fingerprint density at radius 2 is 1.96 bits per heavy atom. The predicted molar refractivity (Wildman–Crippen MR) is 105 cm³/mol. The Labute approximate surface area is 170 Å². The van der Waals surface area contributed by atoms with E-state index in [1.54, 1.807) is 12.1 Å². The van der Waals surface area contributed by atoms with Crippen LogP contribution in [-0.2, 0) is 4.79 Å². The summed E-state index contributed by atoms with van der Waals surface area (Å²) >= 11 is 0. The summed E-state index contributed by atoms with van der Waals surface area (Å²) in [6.45, 7) is 1.38. The highest BCUT2D eigenvalue weighted by Crippen LogP contribution is 2.31. The van der Waals surface area contributed by atoms with Gasteiger partial charge in [0.1, 0.15) is 5.82 Å². The lowest BCUT2D eigenvalue weighted by molar-refractivity contribution is -0.138. The molecule has 1 aromatic heterocycles. The van der Waals surface area contributed by atoms with Gasteiger partial charge in [-0.1, -0.05) is 11.6 Å². The van der Waals surface area contributed by atoms with Crippen molar-refractivity contribution < 1.29 is 13.7 Å². The van der Waals surface area contributed by atoms with Gasteiger partial charge in [0.25, 0.3) is 0 Å². The van der Waals surface area contributed by atoms with Gasteiger partial charge >= 0.3 is 0 Å². The number of rotatable bonds is 3. The first-order valence-corrected chi connectivity index (χ1v) is 9.74. The molecule has 2 N–H and O–H groups in total. The summed E-state index contributed by atoms with van der Waals surface area (Å²) in [6, 6.07) is 6.16. The van der Waals surface area contributed by atoms with Crippen LogP contribution in [-0.4, -0.2) is 40.1 Å². The van der Waals surface area contributed by atoms with Crippen LogP contribution in [0.3, 0.4) is 0 Å². The van der Waals surface area contributed by atoms with Crippen molar-refractivity contribution in [2.75, 3.05) is 13.1 Å². The highest BCUT2D eigenvalue weighted by molar-refractivity contribution is 5.85. The quantitative estimate of drug-likeness (QED) is 0.839. The molecule has 1 aliphatic heterocycles. The maximum Gasteiger partial charge on any atom is 0.231 e. The fourth-order valence-electron chi connectivity index (χ4n) is 4.21. The Kier molecular flexibility index (Phi) is 6.67. The van der Waals surface area contributed by atoms with E-state index in [-0.39, 0.29) is 42.0 Å². The normalized spacial score (nSPS) is 25.2. The molecule has 2 aromatic rings. The summed E-state index contributed by atoms with van der Waals surface area (Å²) in [4.78, 5) is 19.3. The van der Waals surface area contributed by atoms with Crippen molar-refractivity contribution in [1.82, 2.24) is 15.0 Å². The number of piperidine rings is 1. The molecular weight excluding hydrogens is 383 g/mol. The van der Waals surface area contributed by atoms with Crippen molar-refractivity contribution in [3.05, 3.63) is 36.0 Å². The van der Waals surface area contributed by atoms with Crippen molar-refractivity contribution in [2.24, 2.45) is 11.7 Å². The molecule has 0 spiro atoms. The summed E-state index contributed by atoms with van der Waals surface area (Å²) in [7, 11) is 0. The van der Waals surface area contributed by atoms with E-state index in [0.29, 0.717) is 23.8 Å². The molecule has 2 aliphatic rings. The maximum atomic E-state index is 13.1. The number of nitrogens with zero attached hydrogens (tertiary/aromatic N) is 3. The van der Waals surface area contributed by atoms with E-state index in [0.717, 1.165) is 45.1 Å². The molecule has 0 bridgehead atoms. The molecule has 4 rings (SSSR count). The van der Waals surface area contributed by atoms with Crippen LogP contribution in [0.2, 0.25) is 0 Å². The zero-order chi connectivity index (χ0) is 18.8. The van der Waals surface area contributed by atoms with E-state index in [2.05, 4.69) is 10.1 Å². The lowest BCUT2D eigenvalue weighted by Gasteiger charge is -2.35. The largest absolute Gasteiger partial charge is 0.342 e. The monoisotopic (exact) mass is 408 g/mol. The number of hydrogen-bond acceptors (Lipinski definition) is 5. The Balaban J connectivity index is 0.00000225. The fraction of sp³-hybridized carbons (Fsp3) is 0.550. The summed E-state index contributed by atoms with van der Waals surface area (Å²) in [5.74, 6) is 1.00. The highest BCUT2D eigenvalue weighted by Gasteiger charge is 2.33. The molecule has 152 valence electrons. The summed E-state index contributed by atoms with van der Waals surface area (Å²) in [6.07, 6.45) is 5.60. The minimum absolute atomic E-state index is 0. The second-order valence-corrected chi connectivity index (χ2v) is 7.71. The molecule has 1 amide bonds. The van der Waals surface area contributed by atoms with E-state index in [1.165, 1.54) is 12.1 Å². The van der Waals surface area contributed by atoms with E-state index in [4.69, 9.17) is 10.3 Å². The lowest BCUT2D eigenvalue weighted by atomic mass is 9.84. The minimum Gasteiger partial charge on any atom is -0.342 e. The molecular formula is C20H26ClFN4O2. The molecule has 28 heavy (non-hydrogen) atoms. The van der Waals surface area contributed by atoms with Crippen molar-refractivity contribution in [1.29, 1.82) is 0 Å². The number of benzene rings is 1. The van der Waals surface area contributed by atoms with Crippen LogP contribution in [0.4, 0.5) is 4.39 Å². The van der Waals surface area contributed by atoms with Gasteiger partial charge in [-0.05, 0) is 56.4 Å². The van der Waals surface area contributed by atoms with E-state index in [9.17, 15) is 9.18 Å². The Morgan fingerprint density at radius 3 is 2.71 bits per heavy atom. The van der Waals surface area contributed by atoms with Crippen LogP contribution in [0.5, 0.6) is 0 Å². The number of amides is 1. The summed E-state index contributed by atoms with van der Waals surface area (Å²) in [5, 5.41) is 4.03. The number of carbonyl (C=O) groups is 1.